The van der Waals surface area contributed by atoms with Gasteiger partial charge in [0.05, 0.1) is 0 Å². The van der Waals surface area contributed by atoms with Gasteiger partial charge in [-0.15, -0.1) is 6.42 Å². The first kappa shape index (κ1) is 21.5. The van der Waals surface area contributed by atoms with E-state index in [9.17, 15) is 4.39 Å². The van der Waals surface area contributed by atoms with Crippen molar-refractivity contribution in [1.82, 2.24) is 0 Å². The smallest absolute Gasteiger partial charge is 0.158 e. The Bertz CT molecular complexity index is 679. The van der Waals surface area contributed by atoms with E-state index in [0.29, 0.717) is 12.2 Å². The molecule has 0 N–H and O–H groups in total. The molecule has 1 aromatic carbocycles. The van der Waals surface area contributed by atoms with Crippen molar-refractivity contribution < 1.29 is 9.13 Å². The third-order valence-electron chi connectivity index (χ3n) is 7.25. The topological polar surface area (TPSA) is 9.23 Å². The third-order valence-corrected chi connectivity index (χ3v) is 7.60. The van der Waals surface area contributed by atoms with Gasteiger partial charge in [0.15, 0.2) is 6.10 Å². The van der Waals surface area contributed by atoms with E-state index in [0.717, 1.165) is 36.2 Å². The van der Waals surface area contributed by atoms with E-state index >= 15 is 0 Å². The van der Waals surface area contributed by atoms with E-state index in [4.69, 9.17) is 22.8 Å². The van der Waals surface area contributed by atoms with Crippen molar-refractivity contribution in [3.05, 3.63) is 28.5 Å². The van der Waals surface area contributed by atoms with Crippen LogP contribution in [0.2, 0.25) is 5.02 Å². The maximum atomic E-state index is 15.0. The molecule has 1 nitrogen and oxygen atoms in total. The Balaban J connectivity index is 1.60. The molecule has 2 aliphatic rings. The molecular formula is C25H34ClFO. The highest BCUT2D eigenvalue weighted by Crippen LogP contribution is 2.45. The lowest BCUT2D eigenvalue weighted by molar-refractivity contribution is 0.158. The molecule has 0 heterocycles. The Hall–Kier alpha value is -1.20. The van der Waals surface area contributed by atoms with Gasteiger partial charge in [0, 0.05) is 0 Å². The van der Waals surface area contributed by atoms with Gasteiger partial charge in [0.25, 0.3) is 0 Å². The Morgan fingerprint density at radius 2 is 1.68 bits per heavy atom. The van der Waals surface area contributed by atoms with Gasteiger partial charge in [-0.05, 0) is 80.2 Å². The molecule has 1 aromatic rings. The number of rotatable bonds is 6. The van der Waals surface area contributed by atoms with Crippen molar-refractivity contribution in [3.63, 3.8) is 0 Å². The van der Waals surface area contributed by atoms with Crippen LogP contribution in [0.5, 0.6) is 5.75 Å². The van der Waals surface area contributed by atoms with Gasteiger partial charge in [-0.3, -0.25) is 0 Å². The number of hydrogen-bond acceptors (Lipinski definition) is 1. The van der Waals surface area contributed by atoms with Crippen LogP contribution in [0.25, 0.3) is 0 Å². The molecule has 0 spiro atoms. The summed E-state index contributed by atoms with van der Waals surface area (Å²) in [6, 6.07) is 3.65. The van der Waals surface area contributed by atoms with Crippen LogP contribution in [0.1, 0.15) is 89.5 Å². The van der Waals surface area contributed by atoms with Crippen molar-refractivity contribution >= 4 is 11.6 Å². The molecule has 3 heteroatoms. The Morgan fingerprint density at radius 1 is 1.07 bits per heavy atom. The van der Waals surface area contributed by atoms with Gasteiger partial charge in [0.1, 0.15) is 16.6 Å². The third kappa shape index (κ3) is 4.85. The summed E-state index contributed by atoms with van der Waals surface area (Å²) in [5.74, 6) is 5.54. The highest BCUT2D eigenvalue weighted by atomic mass is 35.5. The van der Waals surface area contributed by atoms with Gasteiger partial charge in [-0.1, -0.05) is 56.7 Å². The molecule has 2 fully saturated rings. The molecule has 0 aromatic heterocycles. The molecule has 1 unspecified atom stereocenters. The number of halogens is 2. The van der Waals surface area contributed by atoms with Gasteiger partial charge in [-0.25, -0.2) is 4.39 Å². The molecule has 2 aliphatic carbocycles. The van der Waals surface area contributed by atoms with E-state index < -0.39 is 0 Å². The second-order valence-electron chi connectivity index (χ2n) is 8.76. The van der Waals surface area contributed by atoms with Crippen LogP contribution in [0.15, 0.2) is 12.1 Å². The highest BCUT2D eigenvalue weighted by Gasteiger charge is 2.32. The molecule has 0 amide bonds. The van der Waals surface area contributed by atoms with Gasteiger partial charge in [0.2, 0.25) is 0 Å². The van der Waals surface area contributed by atoms with Crippen LogP contribution >= 0.6 is 11.6 Å². The van der Waals surface area contributed by atoms with Crippen LogP contribution in [-0.2, 0) is 0 Å². The van der Waals surface area contributed by atoms with Gasteiger partial charge < -0.3 is 4.74 Å². The number of benzene rings is 1. The number of terminal acetylenes is 1. The maximum absolute atomic E-state index is 15.0. The average Bonchev–Trinajstić information content (AvgIpc) is 2.75. The first-order valence-corrected chi connectivity index (χ1v) is 11.6. The summed E-state index contributed by atoms with van der Waals surface area (Å²) in [4.78, 5) is 0. The summed E-state index contributed by atoms with van der Waals surface area (Å²) in [7, 11) is 0. The largest absolute Gasteiger partial charge is 0.476 e. The first-order valence-electron chi connectivity index (χ1n) is 11.2. The van der Waals surface area contributed by atoms with Crippen molar-refractivity contribution in [2.75, 3.05) is 0 Å². The fraction of sp³-hybridized carbons (Fsp3) is 0.680. The lowest BCUT2D eigenvalue weighted by atomic mass is 9.68. The molecular weight excluding hydrogens is 371 g/mol. The lowest BCUT2D eigenvalue weighted by Crippen LogP contribution is -2.25. The average molecular weight is 405 g/mol. The summed E-state index contributed by atoms with van der Waals surface area (Å²) >= 11 is 6.28. The van der Waals surface area contributed by atoms with Gasteiger partial charge >= 0.3 is 0 Å². The summed E-state index contributed by atoms with van der Waals surface area (Å²) in [6.07, 6.45) is 17.2. The van der Waals surface area contributed by atoms with Gasteiger partial charge in [-0.2, -0.15) is 0 Å². The Labute approximate surface area is 175 Å². The van der Waals surface area contributed by atoms with E-state index in [1.54, 1.807) is 6.07 Å². The first-order chi connectivity index (χ1) is 13.6. The van der Waals surface area contributed by atoms with E-state index in [1.165, 1.54) is 44.9 Å². The fourth-order valence-corrected chi connectivity index (χ4v) is 5.53. The summed E-state index contributed by atoms with van der Waals surface area (Å²) in [5, 5.41) is 0.0752. The second kappa shape index (κ2) is 10.0. The molecule has 0 aliphatic heterocycles. The van der Waals surface area contributed by atoms with Crippen molar-refractivity contribution in [2.45, 2.75) is 90.1 Å². The van der Waals surface area contributed by atoms with Crippen molar-refractivity contribution in [3.8, 4) is 18.1 Å². The van der Waals surface area contributed by atoms with Crippen molar-refractivity contribution in [2.24, 2.45) is 17.8 Å². The minimum Gasteiger partial charge on any atom is -0.476 e. The standard InChI is InChI=1S/C25H34ClFO/c1-4-17-7-9-18(10-8-17)19-11-13-20(14-12-19)22-15-16-23(24(26)25(22)27)28-21(5-2)6-3/h2,15-21H,4,6-14H2,1,3H3. The zero-order valence-electron chi connectivity index (χ0n) is 17.4. The van der Waals surface area contributed by atoms with Crippen molar-refractivity contribution in [1.29, 1.82) is 0 Å². The van der Waals surface area contributed by atoms with Crippen LogP contribution in [-0.4, -0.2) is 6.10 Å². The normalized spacial score (nSPS) is 29.1. The Morgan fingerprint density at radius 3 is 2.21 bits per heavy atom. The Kier molecular flexibility index (Phi) is 7.69. The van der Waals surface area contributed by atoms with Crippen LogP contribution in [0.4, 0.5) is 4.39 Å². The molecule has 154 valence electrons. The second-order valence-corrected chi connectivity index (χ2v) is 9.14. The number of hydrogen-bond donors (Lipinski definition) is 0. The minimum atomic E-state index is -0.374. The van der Waals surface area contributed by atoms with E-state index in [1.807, 2.05) is 13.0 Å². The molecule has 28 heavy (non-hydrogen) atoms. The zero-order valence-corrected chi connectivity index (χ0v) is 18.1. The molecule has 2 saturated carbocycles. The van der Waals surface area contributed by atoms with Crippen LogP contribution in [0, 0.1) is 35.9 Å². The quantitative estimate of drug-likeness (QED) is 0.440. The molecule has 0 saturated heterocycles. The molecule has 1 atom stereocenters. The summed E-state index contributed by atoms with van der Waals surface area (Å²) in [6.45, 7) is 4.26. The van der Waals surface area contributed by atoms with Crippen LogP contribution in [0.3, 0.4) is 0 Å². The lowest BCUT2D eigenvalue weighted by Gasteiger charge is -2.38. The molecule has 3 rings (SSSR count). The SMILES string of the molecule is C#CC(CC)Oc1ccc(C2CCC(C3CCC(CC)CC3)CC2)c(F)c1Cl. The maximum Gasteiger partial charge on any atom is 0.158 e. The minimum absolute atomic E-state index is 0.0752. The monoisotopic (exact) mass is 404 g/mol. The zero-order chi connectivity index (χ0) is 20.1. The van der Waals surface area contributed by atoms with E-state index in [2.05, 4.69) is 12.8 Å². The molecule has 0 bridgehead atoms. The van der Waals surface area contributed by atoms with E-state index in [-0.39, 0.29) is 22.9 Å². The fourth-order valence-electron chi connectivity index (χ4n) is 5.31. The highest BCUT2D eigenvalue weighted by molar-refractivity contribution is 6.32. The number of ether oxygens (including phenoxy) is 1. The summed E-state index contributed by atoms with van der Waals surface area (Å²) in [5.41, 5.74) is 0.749. The predicted octanol–water partition coefficient (Wildman–Crippen LogP) is 7.76. The predicted molar refractivity (Wildman–Crippen MR) is 115 cm³/mol. The summed E-state index contributed by atoms with van der Waals surface area (Å²) < 4.78 is 20.6. The van der Waals surface area contributed by atoms with Crippen LogP contribution < -0.4 is 4.74 Å². The molecule has 0 radical (unpaired) electrons.